The normalized spacial score (nSPS) is 14.7. The molecule has 6 nitrogen and oxygen atoms in total. The molecular weight excluding hydrogens is 366 g/mol. The van der Waals surface area contributed by atoms with Crippen LogP contribution >= 0.6 is 11.6 Å². The summed E-state index contributed by atoms with van der Waals surface area (Å²) >= 11 is 5.80. The highest BCUT2D eigenvalue weighted by Crippen LogP contribution is 2.21. The summed E-state index contributed by atoms with van der Waals surface area (Å²) in [4.78, 5) is 30.8. The van der Waals surface area contributed by atoms with E-state index in [1.165, 1.54) is 6.20 Å². The number of likely N-dealkylation sites (tertiary alicyclic amines) is 1. The van der Waals surface area contributed by atoms with Crippen LogP contribution in [0.5, 0.6) is 5.75 Å². The largest absolute Gasteiger partial charge is 0.497 e. The lowest BCUT2D eigenvalue weighted by atomic mass is 9.95. The highest BCUT2D eigenvalue weighted by Gasteiger charge is 2.27. The summed E-state index contributed by atoms with van der Waals surface area (Å²) < 4.78 is 5.13. The van der Waals surface area contributed by atoms with Gasteiger partial charge < -0.3 is 15.0 Å². The molecule has 0 atom stereocenters. The smallest absolute Gasteiger partial charge is 0.228 e. The van der Waals surface area contributed by atoms with Gasteiger partial charge in [0.05, 0.1) is 18.6 Å². The van der Waals surface area contributed by atoms with E-state index >= 15 is 0 Å². The Morgan fingerprint density at radius 2 is 1.89 bits per heavy atom. The Balaban J connectivity index is 1.47. The molecule has 2 amide bonds. The molecule has 1 aromatic heterocycles. The Morgan fingerprint density at radius 1 is 1.19 bits per heavy atom. The van der Waals surface area contributed by atoms with Gasteiger partial charge in [0.1, 0.15) is 11.6 Å². The Hall–Kier alpha value is -2.60. The van der Waals surface area contributed by atoms with E-state index < -0.39 is 0 Å². The molecular formula is C20H22ClN3O3. The molecule has 0 aliphatic carbocycles. The number of anilines is 1. The number of pyridine rings is 1. The van der Waals surface area contributed by atoms with Gasteiger partial charge in [-0.05, 0) is 42.7 Å². The molecule has 1 aromatic carbocycles. The van der Waals surface area contributed by atoms with Crippen LogP contribution in [0.4, 0.5) is 5.82 Å². The highest BCUT2D eigenvalue weighted by atomic mass is 35.5. The number of ether oxygens (including phenoxy) is 1. The first-order chi connectivity index (χ1) is 13.0. The second-order valence-electron chi connectivity index (χ2n) is 6.53. The second-order valence-corrected chi connectivity index (χ2v) is 6.97. The molecule has 0 saturated carbocycles. The molecule has 27 heavy (non-hydrogen) atoms. The van der Waals surface area contributed by atoms with E-state index in [-0.39, 0.29) is 17.7 Å². The summed E-state index contributed by atoms with van der Waals surface area (Å²) in [6, 6.07) is 10.9. The number of carbonyl (C=O) groups excluding carboxylic acids is 2. The van der Waals surface area contributed by atoms with E-state index in [1.54, 1.807) is 19.2 Å². The average molecular weight is 388 g/mol. The lowest BCUT2D eigenvalue weighted by Crippen LogP contribution is -2.42. The fraction of sp³-hybridized carbons (Fsp3) is 0.350. The van der Waals surface area contributed by atoms with Gasteiger partial charge in [0.2, 0.25) is 11.8 Å². The molecule has 1 aliphatic rings. The lowest BCUT2D eigenvalue weighted by Gasteiger charge is -2.31. The van der Waals surface area contributed by atoms with Crippen LogP contribution in [-0.2, 0) is 16.0 Å². The first kappa shape index (κ1) is 19.2. The predicted molar refractivity (Wildman–Crippen MR) is 104 cm³/mol. The third-order valence-corrected chi connectivity index (χ3v) is 4.94. The van der Waals surface area contributed by atoms with Gasteiger partial charge in [-0.2, -0.15) is 0 Å². The molecule has 2 aromatic rings. The third-order valence-electron chi connectivity index (χ3n) is 4.71. The third kappa shape index (κ3) is 5.20. The number of nitrogens with one attached hydrogen (secondary N) is 1. The molecule has 0 bridgehead atoms. The summed E-state index contributed by atoms with van der Waals surface area (Å²) in [5.74, 6) is 1.16. The fourth-order valence-corrected chi connectivity index (χ4v) is 3.21. The van der Waals surface area contributed by atoms with Crippen LogP contribution in [0.1, 0.15) is 18.4 Å². The molecule has 1 aliphatic heterocycles. The van der Waals surface area contributed by atoms with Crippen molar-refractivity contribution in [3.05, 3.63) is 53.2 Å². The van der Waals surface area contributed by atoms with Crippen molar-refractivity contribution in [3.8, 4) is 5.75 Å². The van der Waals surface area contributed by atoms with E-state index in [0.717, 1.165) is 11.3 Å². The van der Waals surface area contributed by atoms with Crippen molar-refractivity contribution in [2.24, 2.45) is 5.92 Å². The molecule has 0 radical (unpaired) electrons. The number of halogens is 1. The predicted octanol–water partition coefficient (Wildman–Crippen LogP) is 3.16. The van der Waals surface area contributed by atoms with Gasteiger partial charge in [0, 0.05) is 25.2 Å². The van der Waals surface area contributed by atoms with E-state index in [9.17, 15) is 9.59 Å². The zero-order valence-electron chi connectivity index (χ0n) is 15.2. The Morgan fingerprint density at radius 3 is 2.48 bits per heavy atom. The van der Waals surface area contributed by atoms with Gasteiger partial charge in [0.25, 0.3) is 0 Å². The summed E-state index contributed by atoms with van der Waals surface area (Å²) in [6.45, 7) is 1.17. The van der Waals surface area contributed by atoms with Crippen molar-refractivity contribution in [2.75, 3.05) is 25.5 Å². The van der Waals surface area contributed by atoms with Crippen LogP contribution in [-0.4, -0.2) is 41.9 Å². The minimum absolute atomic E-state index is 0.0629. The molecule has 1 saturated heterocycles. The maximum absolute atomic E-state index is 12.5. The monoisotopic (exact) mass is 387 g/mol. The van der Waals surface area contributed by atoms with E-state index in [4.69, 9.17) is 16.3 Å². The van der Waals surface area contributed by atoms with Crippen molar-refractivity contribution in [2.45, 2.75) is 19.3 Å². The number of hydrogen-bond acceptors (Lipinski definition) is 4. The Kier molecular flexibility index (Phi) is 6.29. The summed E-state index contributed by atoms with van der Waals surface area (Å²) in [7, 11) is 1.61. The van der Waals surface area contributed by atoms with Crippen LogP contribution in [0.15, 0.2) is 42.6 Å². The van der Waals surface area contributed by atoms with Crippen LogP contribution in [0, 0.1) is 5.92 Å². The zero-order valence-corrected chi connectivity index (χ0v) is 15.9. The highest BCUT2D eigenvalue weighted by molar-refractivity contribution is 6.30. The minimum Gasteiger partial charge on any atom is -0.497 e. The van der Waals surface area contributed by atoms with Crippen molar-refractivity contribution in [1.82, 2.24) is 9.88 Å². The van der Waals surface area contributed by atoms with Gasteiger partial charge in [-0.25, -0.2) is 4.98 Å². The van der Waals surface area contributed by atoms with E-state index in [0.29, 0.717) is 43.2 Å². The number of amides is 2. The fourth-order valence-electron chi connectivity index (χ4n) is 3.10. The van der Waals surface area contributed by atoms with Crippen molar-refractivity contribution in [1.29, 1.82) is 0 Å². The molecule has 1 N–H and O–H groups in total. The molecule has 142 valence electrons. The summed E-state index contributed by atoms with van der Waals surface area (Å²) in [5, 5.41) is 3.33. The molecule has 2 heterocycles. The molecule has 1 fully saturated rings. The second kappa shape index (κ2) is 8.86. The van der Waals surface area contributed by atoms with Gasteiger partial charge in [0.15, 0.2) is 0 Å². The van der Waals surface area contributed by atoms with Gasteiger partial charge >= 0.3 is 0 Å². The quantitative estimate of drug-likeness (QED) is 0.855. The first-order valence-electron chi connectivity index (χ1n) is 8.88. The number of methoxy groups -OCH3 is 1. The van der Waals surface area contributed by atoms with Crippen LogP contribution < -0.4 is 10.1 Å². The number of rotatable bonds is 5. The lowest BCUT2D eigenvalue weighted by molar-refractivity contribution is -0.133. The first-order valence-corrected chi connectivity index (χ1v) is 9.26. The van der Waals surface area contributed by atoms with Crippen LogP contribution in [0.25, 0.3) is 0 Å². The SMILES string of the molecule is COc1ccc(CC(=O)N2CCC(C(=O)Nc3ccc(Cl)cn3)CC2)cc1. The number of piperidine rings is 1. The molecule has 0 unspecified atom stereocenters. The minimum atomic E-state index is -0.118. The Bertz CT molecular complexity index is 785. The molecule has 3 rings (SSSR count). The molecule has 7 heteroatoms. The maximum atomic E-state index is 12.5. The zero-order chi connectivity index (χ0) is 19.2. The Labute approximate surface area is 163 Å². The van der Waals surface area contributed by atoms with E-state index in [2.05, 4.69) is 10.3 Å². The van der Waals surface area contributed by atoms with Crippen molar-refractivity contribution >= 4 is 29.2 Å². The summed E-state index contributed by atoms with van der Waals surface area (Å²) in [6.07, 6.45) is 3.15. The standard InChI is InChI=1S/C20H22ClN3O3/c1-27-17-5-2-14(3-6-17)12-19(25)24-10-8-15(9-11-24)20(26)23-18-7-4-16(21)13-22-18/h2-7,13,15H,8-12H2,1H3,(H,22,23,26). The number of hydrogen-bond donors (Lipinski definition) is 1. The number of nitrogens with zero attached hydrogens (tertiary/aromatic N) is 2. The maximum Gasteiger partial charge on any atom is 0.228 e. The number of carbonyl (C=O) groups is 2. The summed E-state index contributed by atoms with van der Waals surface area (Å²) in [5.41, 5.74) is 0.953. The number of aromatic nitrogens is 1. The van der Waals surface area contributed by atoms with Crippen LogP contribution in [0.2, 0.25) is 5.02 Å². The van der Waals surface area contributed by atoms with Crippen molar-refractivity contribution in [3.63, 3.8) is 0 Å². The van der Waals surface area contributed by atoms with Crippen LogP contribution in [0.3, 0.4) is 0 Å². The van der Waals surface area contributed by atoms with Gasteiger partial charge in [-0.3, -0.25) is 9.59 Å². The molecule has 0 spiro atoms. The van der Waals surface area contributed by atoms with Gasteiger partial charge in [-0.1, -0.05) is 23.7 Å². The average Bonchev–Trinajstić information content (AvgIpc) is 2.70. The van der Waals surface area contributed by atoms with Gasteiger partial charge in [-0.15, -0.1) is 0 Å². The van der Waals surface area contributed by atoms with Crippen molar-refractivity contribution < 1.29 is 14.3 Å². The number of benzene rings is 1. The topological polar surface area (TPSA) is 71.5 Å². The van der Waals surface area contributed by atoms with E-state index in [1.807, 2.05) is 29.2 Å².